The van der Waals surface area contributed by atoms with E-state index < -0.39 is 34.5 Å². The van der Waals surface area contributed by atoms with Gasteiger partial charge in [-0.3, -0.25) is 9.59 Å². The summed E-state index contributed by atoms with van der Waals surface area (Å²) in [4.78, 5) is 24.5. The number of halogens is 1. The predicted molar refractivity (Wildman–Crippen MR) is 119 cm³/mol. The molecule has 0 saturated heterocycles. The second-order valence-electron chi connectivity index (χ2n) is 6.72. The van der Waals surface area contributed by atoms with Crippen molar-refractivity contribution >= 4 is 39.3 Å². The molecule has 3 aromatic rings. The van der Waals surface area contributed by atoms with Crippen molar-refractivity contribution in [2.75, 3.05) is 11.9 Å². The average Bonchev–Trinajstić information content (AvgIpc) is 3.20. The van der Waals surface area contributed by atoms with Gasteiger partial charge in [0.15, 0.2) is 12.4 Å². The Bertz CT molecular complexity index is 1300. The third-order valence-electron chi connectivity index (χ3n) is 4.30. The number of esters is 1. The smallest absolute Gasteiger partial charge is 0.324 e. The zero-order valence-corrected chi connectivity index (χ0v) is 18.8. The molecule has 2 N–H and O–H groups in total. The molecule has 2 aromatic carbocycles. The van der Waals surface area contributed by atoms with Crippen molar-refractivity contribution in [2.24, 2.45) is 0 Å². The van der Waals surface area contributed by atoms with Gasteiger partial charge >= 0.3 is 5.97 Å². The summed E-state index contributed by atoms with van der Waals surface area (Å²) in [7, 11) is -4.00. The minimum absolute atomic E-state index is 0.0810. The van der Waals surface area contributed by atoms with Crippen LogP contribution in [0.25, 0.3) is 5.69 Å². The SMILES string of the molecule is C[C@H](NS(=O)(=O)c1ccc(Cl)cc1)C(=O)OCC(=O)Nc1c(C#N)cnn1-c1ccccc1. The molecule has 1 amide bonds. The second kappa shape index (κ2) is 10.3. The van der Waals surface area contributed by atoms with Crippen LogP contribution in [0.4, 0.5) is 5.82 Å². The topological polar surface area (TPSA) is 143 Å². The molecule has 1 atom stereocenters. The Morgan fingerprint density at radius 2 is 1.85 bits per heavy atom. The summed E-state index contributed by atoms with van der Waals surface area (Å²) in [6.45, 7) is 0.586. The van der Waals surface area contributed by atoms with E-state index in [1.807, 2.05) is 6.07 Å². The molecule has 0 aliphatic rings. The highest BCUT2D eigenvalue weighted by molar-refractivity contribution is 7.89. The summed E-state index contributed by atoms with van der Waals surface area (Å²) < 4.78 is 33.2. The summed E-state index contributed by atoms with van der Waals surface area (Å²) in [5.74, 6) is -1.58. The lowest BCUT2D eigenvalue weighted by Crippen LogP contribution is -2.40. The lowest BCUT2D eigenvalue weighted by Gasteiger charge is -2.14. The number of ether oxygens (including phenoxy) is 1. The molecule has 0 saturated carbocycles. The molecule has 1 heterocycles. The van der Waals surface area contributed by atoms with E-state index in [2.05, 4.69) is 15.1 Å². The van der Waals surface area contributed by atoms with Crippen LogP contribution in [0.3, 0.4) is 0 Å². The number of nitriles is 1. The lowest BCUT2D eigenvalue weighted by atomic mass is 10.3. The van der Waals surface area contributed by atoms with E-state index in [4.69, 9.17) is 16.3 Å². The highest BCUT2D eigenvalue weighted by Gasteiger charge is 2.24. The molecule has 3 rings (SSSR count). The van der Waals surface area contributed by atoms with Gasteiger partial charge in [-0.2, -0.15) is 15.1 Å². The molecule has 0 aliphatic heterocycles. The summed E-state index contributed by atoms with van der Waals surface area (Å²) in [5.41, 5.74) is 0.721. The maximum atomic E-state index is 12.4. The van der Waals surface area contributed by atoms with Gasteiger partial charge in [0.05, 0.1) is 16.8 Å². The molecule has 0 fully saturated rings. The van der Waals surface area contributed by atoms with E-state index in [0.29, 0.717) is 10.7 Å². The fourth-order valence-corrected chi connectivity index (χ4v) is 4.03. The van der Waals surface area contributed by atoms with Gasteiger partial charge in [0.1, 0.15) is 17.7 Å². The van der Waals surface area contributed by atoms with E-state index in [0.717, 1.165) is 0 Å². The Labute approximate surface area is 194 Å². The van der Waals surface area contributed by atoms with Crippen LogP contribution < -0.4 is 10.0 Å². The first kappa shape index (κ1) is 23.9. The first-order valence-corrected chi connectivity index (χ1v) is 11.4. The average molecular weight is 488 g/mol. The molecule has 0 unspecified atom stereocenters. The van der Waals surface area contributed by atoms with Gasteiger partial charge in [-0.05, 0) is 43.3 Å². The first-order valence-electron chi connectivity index (χ1n) is 9.49. The zero-order valence-electron chi connectivity index (χ0n) is 17.2. The lowest BCUT2D eigenvalue weighted by molar-refractivity contribution is -0.148. The summed E-state index contributed by atoms with van der Waals surface area (Å²) in [6.07, 6.45) is 1.29. The summed E-state index contributed by atoms with van der Waals surface area (Å²) >= 11 is 5.75. The Morgan fingerprint density at radius 1 is 1.18 bits per heavy atom. The second-order valence-corrected chi connectivity index (χ2v) is 8.87. The van der Waals surface area contributed by atoms with Crippen molar-refractivity contribution in [1.29, 1.82) is 5.26 Å². The van der Waals surface area contributed by atoms with E-state index in [-0.39, 0.29) is 16.3 Å². The zero-order chi connectivity index (χ0) is 24.0. The molecule has 0 aliphatic carbocycles. The molecular formula is C21H18ClN5O5S. The van der Waals surface area contributed by atoms with Crippen molar-refractivity contribution in [1.82, 2.24) is 14.5 Å². The summed E-state index contributed by atoms with van der Waals surface area (Å²) in [6, 6.07) is 14.9. The predicted octanol–water partition coefficient (Wildman–Crippen LogP) is 2.25. The molecule has 0 bridgehead atoms. The van der Waals surface area contributed by atoms with Crippen LogP contribution in [-0.2, 0) is 24.3 Å². The van der Waals surface area contributed by atoms with Crippen LogP contribution >= 0.6 is 11.6 Å². The number of hydrogen-bond donors (Lipinski definition) is 2. The molecule has 170 valence electrons. The minimum atomic E-state index is -4.00. The van der Waals surface area contributed by atoms with E-state index >= 15 is 0 Å². The standard InChI is InChI=1S/C21H18ClN5O5S/c1-14(26-33(30,31)18-9-7-16(22)8-10-18)21(29)32-13-19(28)25-20-15(11-23)12-24-27(20)17-5-3-2-4-6-17/h2-10,12,14,26H,13H2,1H3,(H,25,28)/t14-/m0/s1. The largest absolute Gasteiger partial charge is 0.454 e. The summed E-state index contributed by atoms with van der Waals surface area (Å²) in [5, 5.41) is 16.2. The van der Waals surface area contributed by atoms with E-state index in [1.54, 1.807) is 30.3 Å². The number of benzene rings is 2. The number of sulfonamides is 1. The number of para-hydroxylation sites is 1. The quantitative estimate of drug-likeness (QED) is 0.464. The van der Waals surface area contributed by atoms with Gasteiger partial charge in [-0.1, -0.05) is 29.8 Å². The number of carbonyl (C=O) groups is 2. The minimum Gasteiger partial charge on any atom is -0.454 e. The molecular weight excluding hydrogens is 470 g/mol. The van der Waals surface area contributed by atoms with Gasteiger partial charge in [0.25, 0.3) is 5.91 Å². The Balaban J connectivity index is 1.61. The number of amides is 1. The van der Waals surface area contributed by atoms with Crippen molar-refractivity contribution < 1.29 is 22.7 Å². The van der Waals surface area contributed by atoms with Crippen LogP contribution in [0.2, 0.25) is 5.02 Å². The fraction of sp³-hybridized carbons (Fsp3) is 0.143. The van der Waals surface area contributed by atoms with Gasteiger partial charge < -0.3 is 10.1 Å². The third kappa shape index (κ3) is 5.95. The number of hydrogen-bond acceptors (Lipinski definition) is 7. The Hall–Kier alpha value is -3.72. The third-order valence-corrected chi connectivity index (χ3v) is 6.11. The van der Waals surface area contributed by atoms with Crippen LogP contribution in [0.5, 0.6) is 0 Å². The van der Waals surface area contributed by atoms with Crippen LogP contribution in [0.1, 0.15) is 12.5 Å². The maximum absolute atomic E-state index is 12.4. The van der Waals surface area contributed by atoms with Crippen LogP contribution in [0, 0.1) is 11.3 Å². The van der Waals surface area contributed by atoms with Crippen molar-refractivity contribution in [2.45, 2.75) is 17.9 Å². The number of carbonyl (C=O) groups excluding carboxylic acids is 2. The van der Waals surface area contributed by atoms with Crippen LogP contribution in [0.15, 0.2) is 65.7 Å². The van der Waals surface area contributed by atoms with Gasteiger partial charge in [-0.25, -0.2) is 13.1 Å². The fourth-order valence-electron chi connectivity index (χ4n) is 2.71. The molecule has 33 heavy (non-hydrogen) atoms. The van der Waals surface area contributed by atoms with Crippen molar-refractivity contribution in [3.05, 3.63) is 71.4 Å². The van der Waals surface area contributed by atoms with Crippen LogP contribution in [-0.4, -0.2) is 42.7 Å². The normalized spacial score (nSPS) is 11.9. The number of rotatable bonds is 8. The highest BCUT2D eigenvalue weighted by atomic mass is 35.5. The molecule has 10 nitrogen and oxygen atoms in total. The van der Waals surface area contributed by atoms with Gasteiger partial charge in [0.2, 0.25) is 10.0 Å². The molecule has 12 heteroatoms. The molecule has 0 radical (unpaired) electrons. The van der Waals surface area contributed by atoms with Crippen molar-refractivity contribution in [3.8, 4) is 11.8 Å². The number of aromatic nitrogens is 2. The van der Waals surface area contributed by atoms with Crippen molar-refractivity contribution in [3.63, 3.8) is 0 Å². The number of anilines is 1. The Kier molecular flexibility index (Phi) is 7.44. The van der Waals surface area contributed by atoms with E-state index in [1.165, 1.54) is 42.1 Å². The molecule has 0 spiro atoms. The Morgan fingerprint density at radius 3 is 2.48 bits per heavy atom. The van der Waals surface area contributed by atoms with Gasteiger partial charge in [-0.15, -0.1) is 0 Å². The number of nitrogens with zero attached hydrogens (tertiary/aromatic N) is 3. The number of nitrogens with one attached hydrogen (secondary N) is 2. The molecule has 1 aromatic heterocycles. The van der Waals surface area contributed by atoms with Gasteiger partial charge in [0, 0.05) is 5.02 Å². The monoisotopic (exact) mass is 487 g/mol. The maximum Gasteiger partial charge on any atom is 0.324 e. The van der Waals surface area contributed by atoms with E-state index in [9.17, 15) is 23.3 Å². The first-order chi connectivity index (χ1) is 15.7. The highest BCUT2D eigenvalue weighted by Crippen LogP contribution is 2.19.